The zero-order valence-electron chi connectivity index (χ0n) is 8.64. The lowest BCUT2D eigenvalue weighted by molar-refractivity contribution is 0.0696. The molecule has 0 unspecified atom stereocenters. The summed E-state index contributed by atoms with van der Waals surface area (Å²) < 4.78 is 0. The highest BCUT2D eigenvalue weighted by Crippen LogP contribution is 2.13. The first-order valence-corrected chi connectivity index (χ1v) is 5.78. The maximum absolute atomic E-state index is 11.6. The van der Waals surface area contributed by atoms with Crippen LogP contribution in [-0.4, -0.2) is 33.3 Å². The van der Waals surface area contributed by atoms with Gasteiger partial charge in [-0.15, -0.1) is 0 Å². The Morgan fingerprint density at radius 1 is 0.941 bits per heavy atom. The second-order valence-electron chi connectivity index (χ2n) is 3.27. The van der Waals surface area contributed by atoms with Gasteiger partial charge in [0.05, 0.1) is 11.1 Å². The summed E-state index contributed by atoms with van der Waals surface area (Å²) in [7, 11) is 0. The molecule has 0 aliphatic rings. The van der Waals surface area contributed by atoms with Crippen molar-refractivity contribution in [3.8, 4) is 0 Å². The predicted octanol–water partition coefficient (Wildman–Crippen LogP) is 2.05. The summed E-state index contributed by atoms with van der Waals surface area (Å²) in [5.74, 6) is -2.82. The van der Waals surface area contributed by atoms with Crippen molar-refractivity contribution >= 4 is 33.7 Å². The molecule has 0 aromatic heterocycles. The molecule has 0 radical (unpaired) electrons. The number of ketones is 1. The molecule has 17 heavy (non-hydrogen) atoms. The van der Waals surface area contributed by atoms with Crippen LogP contribution < -0.4 is 0 Å². The quantitative estimate of drug-likeness (QED) is 0.641. The lowest BCUT2D eigenvalue weighted by Gasteiger charge is -2.03. The van der Waals surface area contributed by atoms with Crippen molar-refractivity contribution in [1.82, 2.24) is 0 Å². The van der Waals surface area contributed by atoms with Gasteiger partial charge in [-0.25, -0.2) is 9.59 Å². The van der Waals surface area contributed by atoms with Gasteiger partial charge >= 0.3 is 11.9 Å². The van der Waals surface area contributed by atoms with Crippen LogP contribution >= 0.6 is 15.9 Å². The Bertz CT molecular complexity index is 449. The molecule has 0 fully saturated rings. The van der Waals surface area contributed by atoms with E-state index in [1.54, 1.807) is 0 Å². The smallest absolute Gasteiger partial charge is 0.335 e. The molecule has 0 heterocycles. The normalized spacial score (nSPS) is 9.94. The van der Waals surface area contributed by atoms with Crippen molar-refractivity contribution in [2.24, 2.45) is 0 Å². The topological polar surface area (TPSA) is 91.7 Å². The van der Waals surface area contributed by atoms with Crippen molar-refractivity contribution in [2.75, 3.05) is 5.33 Å². The highest BCUT2D eigenvalue weighted by Gasteiger charge is 2.14. The summed E-state index contributed by atoms with van der Waals surface area (Å²) in [4.78, 5) is 33.2. The minimum absolute atomic E-state index is 0.0988. The Morgan fingerprint density at radius 3 is 1.71 bits per heavy atom. The van der Waals surface area contributed by atoms with E-state index in [9.17, 15) is 14.4 Å². The standard InChI is InChI=1S/C11H9BrO5/c12-2-1-9(13)6-3-7(10(14)15)5-8(4-6)11(16)17/h3-5H,1-2H2,(H,14,15)(H,16,17). The molecule has 90 valence electrons. The second-order valence-corrected chi connectivity index (χ2v) is 4.06. The van der Waals surface area contributed by atoms with Crippen LogP contribution in [0.15, 0.2) is 18.2 Å². The molecule has 2 N–H and O–H groups in total. The maximum atomic E-state index is 11.6. The lowest BCUT2D eigenvalue weighted by atomic mass is 10.0. The first kappa shape index (κ1) is 13.4. The third-order valence-electron chi connectivity index (χ3n) is 2.07. The SMILES string of the molecule is O=C(O)c1cc(C(=O)O)cc(C(=O)CCBr)c1. The molecule has 0 atom stereocenters. The minimum Gasteiger partial charge on any atom is -0.478 e. The molecule has 0 aliphatic carbocycles. The van der Waals surface area contributed by atoms with Crippen LogP contribution in [0.25, 0.3) is 0 Å². The van der Waals surface area contributed by atoms with E-state index in [0.29, 0.717) is 5.33 Å². The molecular weight excluding hydrogens is 292 g/mol. The zero-order chi connectivity index (χ0) is 13.0. The number of hydrogen-bond acceptors (Lipinski definition) is 3. The number of benzene rings is 1. The number of carbonyl (C=O) groups is 3. The highest BCUT2D eigenvalue weighted by molar-refractivity contribution is 9.09. The van der Waals surface area contributed by atoms with Crippen LogP contribution in [0, 0.1) is 0 Å². The average molecular weight is 301 g/mol. The van der Waals surface area contributed by atoms with Gasteiger partial charge in [0.15, 0.2) is 5.78 Å². The molecule has 5 nitrogen and oxygen atoms in total. The first-order chi connectivity index (χ1) is 7.95. The van der Waals surface area contributed by atoms with Gasteiger partial charge in [-0.1, -0.05) is 15.9 Å². The number of alkyl halides is 1. The van der Waals surface area contributed by atoms with Crippen molar-refractivity contribution < 1.29 is 24.6 Å². The Morgan fingerprint density at radius 2 is 1.35 bits per heavy atom. The largest absolute Gasteiger partial charge is 0.478 e. The van der Waals surface area contributed by atoms with Gasteiger partial charge in [0, 0.05) is 17.3 Å². The van der Waals surface area contributed by atoms with E-state index < -0.39 is 11.9 Å². The van der Waals surface area contributed by atoms with Gasteiger partial charge in [-0.2, -0.15) is 0 Å². The van der Waals surface area contributed by atoms with E-state index >= 15 is 0 Å². The molecule has 0 saturated carbocycles. The van der Waals surface area contributed by atoms with Gasteiger partial charge < -0.3 is 10.2 Å². The van der Waals surface area contributed by atoms with Crippen LogP contribution in [0.2, 0.25) is 0 Å². The number of halogens is 1. The second kappa shape index (κ2) is 5.58. The fourth-order valence-electron chi connectivity index (χ4n) is 1.27. The number of hydrogen-bond donors (Lipinski definition) is 2. The van der Waals surface area contributed by atoms with Gasteiger partial charge in [-0.05, 0) is 18.2 Å². The summed E-state index contributed by atoms with van der Waals surface area (Å²) in [6, 6.07) is 3.38. The van der Waals surface area contributed by atoms with Gasteiger partial charge in [-0.3, -0.25) is 4.79 Å². The molecular formula is C11H9BrO5. The van der Waals surface area contributed by atoms with E-state index in [1.807, 2.05) is 0 Å². The van der Waals surface area contributed by atoms with E-state index in [0.717, 1.165) is 6.07 Å². The molecule has 0 aliphatic heterocycles. The van der Waals surface area contributed by atoms with E-state index in [1.165, 1.54) is 12.1 Å². The van der Waals surface area contributed by atoms with Crippen LogP contribution in [0.4, 0.5) is 0 Å². The fraction of sp³-hybridized carbons (Fsp3) is 0.182. The van der Waals surface area contributed by atoms with Crippen LogP contribution in [0.3, 0.4) is 0 Å². The number of rotatable bonds is 5. The Kier molecular flexibility index (Phi) is 4.39. The van der Waals surface area contributed by atoms with Gasteiger partial charge in [0.2, 0.25) is 0 Å². The Labute approximate surface area is 105 Å². The van der Waals surface area contributed by atoms with Crippen LogP contribution in [0.1, 0.15) is 37.5 Å². The summed E-state index contributed by atoms with van der Waals surface area (Å²) in [6.07, 6.45) is 0.183. The lowest BCUT2D eigenvalue weighted by Crippen LogP contribution is -2.08. The van der Waals surface area contributed by atoms with Crippen LogP contribution in [-0.2, 0) is 0 Å². The summed E-state index contributed by atoms with van der Waals surface area (Å²) in [5, 5.41) is 18.1. The number of carboxylic acids is 2. The molecule has 1 aromatic rings. The zero-order valence-corrected chi connectivity index (χ0v) is 10.2. The summed E-state index contributed by atoms with van der Waals surface area (Å²) >= 11 is 3.09. The Hall–Kier alpha value is -1.69. The van der Waals surface area contributed by atoms with E-state index in [4.69, 9.17) is 10.2 Å². The molecule has 0 spiro atoms. The van der Waals surface area contributed by atoms with Gasteiger partial charge in [0.1, 0.15) is 0 Å². The highest BCUT2D eigenvalue weighted by atomic mass is 79.9. The monoisotopic (exact) mass is 300 g/mol. The van der Waals surface area contributed by atoms with E-state index in [2.05, 4.69) is 15.9 Å². The number of aromatic carboxylic acids is 2. The molecule has 1 rings (SSSR count). The van der Waals surface area contributed by atoms with Crippen molar-refractivity contribution in [2.45, 2.75) is 6.42 Å². The molecule has 0 saturated heterocycles. The van der Waals surface area contributed by atoms with Crippen LogP contribution in [0.5, 0.6) is 0 Å². The minimum atomic E-state index is -1.26. The van der Waals surface area contributed by atoms with E-state index in [-0.39, 0.29) is 28.9 Å². The molecule has 6 heteroatoms. The van der Waals surface area contributed by atoms with Crippen molar-refractivity contribution in [1.29, 1.82) is 0 Å². The molecule has 0 amide bonds. The average Bonchev–Trinajstić information content (AvgIpc) is 2.28. The summed E-state index contributed by atoms with van der Waals surface area (Å²) in [5.41, 5.74) is -0.313. The summed E-state index contributed by atoms with van der Waals surface area (Å²) in [6.45, 7) is 0. The first-order valence-electron chi connectivity index (χ1n) is 4.66. The Balaban J connectivity index is 3.26. The number of Topliss-reactive ketones (excluding diaryl/α,β-unsaturated/α-hetero) is 1. The molecule has 1 aromatic carbocycles. The number of carbonyl (C=O) groups excluding carboxylic acids is 1. The fourth-order valence-corrected chi connectivity index (χ4v) is 1.63. The maximum Gasteiger partial charge on any atom is 0.335 e. The predicted molar refractivity (Wildman–Crippen MR) is 63.1 cm³/mol. The van der Waals surface area contributed by atoms with Crippen molar-refractivity contribution in [3.05, 3.63) is 34.9 Å². The van der Waals surface area contributed by atoms with Crippen molar-refractivity contribution in [3.63, 3.8) is 0 Å². The third kappa shape index (κ3) is 3.39. The molecule has 0 bridgehead atoms. The third-order valence-corrected chi connectivity index (χ3v) is 2.47. The number of carboxylic acid groups (broad SMARTS) is 2. The van der Waals surface area contributed by atoms with Gasteiger partial charge in [0.25, 0.3) is 0 Å².